The van der Waals surface area contributed by atoms with Crippen molar-refractivity contribution in [3.8, 4) is 16.3 Å². The fraction of sp³-hybridized carbons (Fsp3) is 0.200. The average Bonchev–Trinajstić information content (AvgIpc) is 3.67. The number of benzene rings is 2. The molecule has 3 aromatic heterocycles. The summed E-state index contributed by atoms with van der Waals surface area (Å²) in [5.74, 6) is -1.49. The number of fused-ring (bicyclic) bond motifs is 1. The number of nitrogens with zero attached hydrogens (tertiary/aromatic N) is 7. The molecule has 0 aliphatic carbocycles. The number of carbonyl (C=O) groups is 1. The van der Waals surface area contributed by atoms with Crippen LogP contribution in [0.2, 0.25) is 0 Å². The molecule has 2 N–H and O–H groups in total. The van der Waals surface area contributed by atoms with Crippen LogP contribution in [-0.2, 0) is 9.53 Å². The minimum absolute atomic E-state index is 0.543. The van der Waals surface area contributed by atoms with Gasteiger partial charge in [0.1, 0.15) is 11.3 Å². The van der Waals surface area contributed by atoms with E-state index in [0.717, 1.165) is 51.9 Å². The number of carboxylic acids is 1. The van der Waals surface area contributed by atoms with E-state index in [1.54, 1.807) is 22.3 Å². The van der Waals surface area contributed by atoms with E-state index in [-0.39, 0.29) is 0 Å². The molecule has 4 heterocycles. The Morgan fingerprint density at radius 1 is 1.05 bits per heavy atom. The Balaban J connectivity index is 0.000000411. The van der Waals surface area contributed by atoms with Crippen LogP contribution >= 0.6 is 11.3 Å². The molecule has 0 atom stereocenters. The zero-order chi connectivity index (χ0) is 28.1. The third-order valence-corrected chi connectivity index (χ3v) is 6.49. The number of thiazole rings is 1. The van der Waals surface area contributed by atoms with Crippen molar-refractivity contribution in [2.45, 2.75) is 6.18 Å². The van der Waals surface area contributed by atoms with Crippen LogP contribution in [0.3, 0.4) is 0 Å². The highest BCUT2D eigenvalue weighted by Crippen LogP contribution is 2.26. The number of hydrogen-bond acceptors (Lipinski definition) is 10. The van der Waals surface area contributed by atoms with Gasteiger partial charge in [0.25, 0.3) is 0 Å². The van der Waals surface area contributed by atoms with Gasteiger partial charge in [-0.25, -0.2) is 24.4 Å². The molecule has 2 aromatic carbocycles. The molecule has 15 heteroatoms. The van der Waals surface area contributed by atoms with Crippen LogP contribution in [0.1, 0.15) is 0 Å². The highest BCUT2D eigenvalue weighted by atomic mass is 32.1. The molecule has 40 heavy (non-hydrogen) atoms. The van der Waals surface area contributed by atoms with Gasteiger partial charge in [0.15, 0.2) is 0 Å². The zero-order valence-corrected chi connectivity index (χ0v) is 21.4. The molecule has 0 unspecified atom stereocenters. The first-order valence-corrected chi connectivity index (χ1v) is 12.7. The molecule has 6 rings (SSSR count). The number of carboxylic acid groups (broad SMARTS) is 1. The van der Waals surface area contributed by atoms with E-state index in [9.17, 15) is 13.2 Å². The smallest absolute Gasteiger partial charge is 0.475 e. The van der Waals surface area contributed by atoms with E-state index in [0.29, 0.717) is 19.2 Å². The van der Waals surface area contributed by atoms with Crippen LogP contribution in [-0.4, -0.2) is 73.3 Å². The lowest BCUT2D eigenvalue weighted by molar-refractivity contribution is -0.192. The Morgan fingerprint density at radius 3 is 2.48 bits per heavy atom. The van der Waals surface area contributed by atoms with Crippen molar-refractivity contribution in [1.29, 1.82) is 0 Å². The van der Waals surface area contributed by atoms with Gasteiger partial charge >= 0.3 is 12.1 Å². The number of anilines is 3. The number of aromatic nitrogens is 6. The second-order valence-corrected chi connectivity index (χ2v) is 9.26. The van der Waals surface area contributed by atoms with Gasteiger partial charge in [-0.05, 0) is 30.3 Å². The maximum absolute atomic E-state index is 10.6. The van der Waals surface area contributed by atoms with Crippen LogP contribution in [0, 0.1) is 0 Å². The van der Waals surface area contributed by atoms with Crippen LogP contribution < -0.4 is 10.2 Å². The zero-order valence-electron chi connectivity index (χ0n) is 20.6. The first kappa shape index (κ1) is 27.0. The predicted octanol–water partition coefficient (Wildman–Crippen LogP) is 4.55. The number of rotatable bonds is 5. The first-order chi connectivity index (χ1) is 19.3. The summed E-state index contributed by atoms with van der Waals surface area (Å²) in [5.41, 5.74) is 3.74. The van der Waals surface area contributed by atoms with E-state index < -0.39 is 12.1 Å². The van der Waals surface area contributed by atoms with Crippen LogP contribution in [0.5, 0.6) is 0 Å². The normalized spacial score (nSPS) is 13.5. The standard InChI is InChI=1S/C23H20N8OS.C2HF3O2/c1-2-17-14-25-22(28-20(17)13-16(1)21-24-7-12-33-21)27-18-3-5-19(6-4-18)31-15-26-23(29-31)30-8-10-32-11-9-30;3-2(4,5)1(6)7/h1-7,12-15H,8-11H2,(H,25,27,28);(H,6,7). The molecule has 1 saturated heterocycles. The number of nitrogens with one attached hydrogen (secondary N) is 1. The van der Waals surface area contributed by atoms with E-state index in [2.05, 4.69) is 35.3 Å². The van der Waals surface area contributed by atoms with Crippen molar-refractivity contribution in [3.05, 3.63) is 66.6 Å². The Labute approximate surface area is 228 Å². The summed E-state index contributed by atoms with van der Waals surface area (Å²) < 4.78 is 38.9. The maximum Gasteiger partial charge on any atom is 0.490 e. The molecular formula is C25H21F3N8O3S. The molecule has 0 bridgehead atoms. The number of ether oxygens (including phenoxy) is 1. The van der Waals surface area contributed by atoms with Crippen molar-refractivity contribution >= 4 is 45.8 Å². The highest BCUT2D eigenvalue weighted by molar-refractivity contribution is 7.13. The largest absolute Gasteiger partial charge is 0.490 e. The average molecular weight is 571 g/mol. The number of hydrogen-bond donors (Lipinski definition) is 2. The van der Waals surface area contributed by atoms with E-state index in [1.807, 2.05) is 60.2 Å². The van der Waals surface area contributed by atoms with E-state index >= 15 is 0 Å². The van der Waals surface area contributed by atoms with Crippen LogP contribution in [0.4, 0.5) is 30.8 Å². The lowest BCUT2D eigenvalue weighted by Crippen LogP contribution is -2.37. The molecule has 1 fully saturated rings. The minimum atomic E-state index is -5.08. The second kappa shape index (κ2) is 11.6. The lowest BCUT2D eigenvalue weighted by atomic mass is 10.1. The number of halogens is 3. The summed E-state index contributed by atoms with van der Waals surface area (Å²) in [6, 6.07) is 14.0. The molecule has 1 aliphatic heterocycles. The molecule has 11 nitrogen and oxygen atoms in total. The van der Waals surface area contributed by atoms with E-state index in [1.165, 1.54) is 0 Å². The summed E-state index contributed by atoms with van der Waals surface area (Å²) in [6.07, 6.45) is 0.288. The molecule has 0 saturated carbocycles. The van der Waals surface area contributed by atoms with Gasteiger partial charge in [0, 0.05) is 47.5 Å². The van der Waals surface area contributed by atoms with Crippen LogP contribution in [0.25, 0.3) is 27.2 Å². The fourth-order valence-corrected chi connectivity index (χ4v) is 4.33. The molecule has 0 amide bonds. The molecule has 5 aromatic rings. The molecule has 206 valence electrons. The minimum Gasteiger partial charge on any atom is -0.475 e. The monoisotopic (exact) mass is 570 g/mol. The summed E-state index contributed by atoms with van der Waals surface area (Å²) in [4.78, 5) is 29.0. The summed E-state index contributed by atoms with van der Waals surface area (Å²) in [5, 5.41) is 18.9. The Bertz CT molecular complexity index is 1590. The number of morpholine rings is 1. The van der Waals surface area contributed by atoms with Gasteiger partial charge in [0.2, 0.25) is 11.9 Å². The van der Waals surface area contributed by atoms with Crippen molar-refractivity contribution in [1.82, 2.24) is 29.7 Å². The summed E-state index contributed by atoms with van der Waals surface area (Å²) >= 11 is 1.61. The SMILES string of the molecule is O=C(O)C(F)(F)F.c1csc(-c2ccc3cnc(Nc4ccc(-n5cnc(N6CCOCC6)n5)cc4)nc3c2)n1. The topological polar surface area (TPSA) is 131 Å². The first-order valence-electron chi connectivity index (χ1n) is 11.8. The lowest BCUT2D eigenvalue weighted by Gasteiger charge is -2.25. The van der Waals surface area contributed by atoms with Gasteiger partial charge in [0.05, 0.1) is 24.4 Å². The molecule has 0 radical (unpaired) electrons. The maximum atomic E-state index is 10.6. The van der Waals surface area contributed by atoms with Gasteiger partial charge in [-0.3, -0.25) is 0 Å². The van der Waals surface area contributed by atoms with Crippen molar-refractivity contribution in [2.24, 2.45) is 0 Å². The van der Waals surface area contributed by atoms with Crippen molar-refractivity contribution in [3.63, 3.8) is 0 Å². The Kier molecular flexibility index (Phi) is 7.84. The predicted molar refractivity (Wildman–Crippen MR) is 142 cm³/mol. The van der Waals surface area contributed by atoms with Gasteiger partial charge in [-0.15, -0.1) is 16.4 Å². The second-order valence-electron chi connectivity index (χ2n) is 8.37. The summed E-state index contributed by atoms with van der Waals surface area (Å²) in [6.45, 7) is 3.03. The Morgan fingerprint density at radius 2 is 1.80 bits per heavy atom. The van der Waals surface area contributed by atoms with E-state index in [4.69, 9.17) is 14.6 Å². The third-order valence-electron chi connectivity index (χ3n) is 5.67. The number of alkyl halides is 3. The number of aliphatic carboxylic acids is 1. The molecule has 1 aliphatic rings. The summed E-state index contributed by atoms with van der Waals surface area (Å²) in [7, 11) is 0. The Hall–Kier alpha value is -4.63. The quantitative estimate of drug-likeness (QED) is 0.310. The van der Waals surface area contributed by atoms with Gasteiger partial charge in [-0.2, -0.15) is 18.2 Å². The van der Waals surface area contributed by atoms with Crippen molar-refractivity contribution < 1.29 is 27.8 Å². The van der Waals surface area contributed by atoms with Crippen molar-refractivity contribution in [2.75, 3.05) is 36.5 Å². The fourth-order valence-electron chi connectivity index (χ4n) is 3.70. The van der Waals surface area contributed by atoms with Gasteiger partial charge < -0.3 is 20.1 Å². The molecular weight excluding hydrogens is 549 g/mol. The third kappa shape index (κ3) is 6.50. The van der Waals surface area contributed by atoms with Crippen LogP contribution in [0.15, 0.2) is 66.6 Å². The molecule has 0 spiro atoms. The van der Waals surface area contributed by atoms with Gasteiger partial charge in [-0.1, -0.05) is 12.1 Å². The highest BCUT2D eigenvalue weighted by Gasteiger charge is 2.38.